The topological polar surface area (TPSA) is 57.6 Å². The largest absolute Gasteiger partial charge is 0.481 e. The third-order valence-electron chi connectivity index (χ3n) is 4.24. The summed E-state index contributed by atoms with van der Waals surface area (Å²) < 4.78 is 0. The molecule has 3 rings (SSSR count). The Labute approximate surface area is 128 Å². The van der Waals surface area contributed by atoms with Gasteiger partial charge in [-0.15, -0.1) is 11.8 Å². The second-order valence-corrected chi connectivity index (χ2v) is 6.94. The van der Waals surface area contributed by atoms with E-state index < -0.39 is 5.97 Å². The molecule has 1 aromatic carbocycles. The predicted octanol–water partition coefficient (Wildman–Crippen LogP) is 2.56. The molecule has 0 bridgehead atoms. The van der Waals surface area contributed by atoms with Crippen LogP contribution < -0.4 is 0 Å². The first kappa shape index (κ1) is 14.4. The minimum atomic E-state index is -0.818. The first-order valence-electron chi connectivity index (χ1n) is 7.42. The number of hydrogen-bond donors (Lipinski definition) is 1. The van der Waals surface area contributed by atoms with E-state index in [4.69, 9.17) is 5.11 Å². The van der Waals surface area contributed by atoms with Gasteiger partial charge in [0.15, 0.2) is 0 Å². The van der Waals surface area contributed by atoms with Gasteiger partial charge < -0.3 is 10.0 Å². The minimum Gasteiger partial charge on any atom is -0.481 e. The molecule has 2 aliphatic heterocycles. The Morgan fingerprint density at radius 3 is 2.86 bits per heavy atom. The van der Waals surface area contributed by atoms with Crippen molar-refractivity contribution in [2.75, 3.05) is 6.54 Å². The Bertz CT molecular complexity index is 535. The Morgan fingerprint density at radius 1 is 1.29 bits per heavy atom. The van der Waals surface area contributed by atoms with Crippen LogP contribution in [0.25, 0.3) is 0 Å². The number of thioether (sulfide) groups is 1. The third-order valence-corrected chi connectivity index (χ3v) is 5.55. The monoisotopic (exact) mass is 305 g/mol. The maximum absolute atomic E-state index is 12.8. The van der Waals surface area contributed by atoms with E-state index in [-0.39, 0.29) is 23.6 Å². The number of carbonyl (C=O) groups excluding carboxylic acids is 1. The summed E-state index contributed by atoms with van der Waals surface area (Å²) in [7, 11) is 0. The van der Waals surface area contributed by atoms with Crippen molar-refractivity contribution in [1.29, 1.82) is 0 Å². The molecule has 0 spiro atoms. The van der Waals surface area contributed by atoms with E-state index in [0.717, 1.165) is 25.7 Å². The molecule has 0 aromatic heterocycles. The molecule has 1 amide bonds. The molecular weight excluding hydrogens is 286 g/mol. The highest BCUT2D eigenvalue weighted by atomic mass is 32.2. The number of hydrogen-bond acceptors (Lipinski definition) is 3. The van der Waals surface area contributed by atoms with Crippen LogP contribution in [0.1, 0.15) is 31.2 Å². The zero-order chi connectivity index (χ0) is 14.8. The van der Waals surface area contributed by atoms with Gasteiger partial charge in [0.25, 0.3) is 0 Å². The predicted molar refractivity (Wildman–Crippen MR) is 81.4 cm³/mol. The summed E-state index contributed by atoms with van der Waals surface area (Å²) in [5.41, 5.74) is 1.23. The normalized spacial score (nSPS) is 24.7. The quantitative estimate of drug-likeness (QED) is 0.932. The Morgan fingerprint density at radius 2 is 2.10 bits per heavy atom. The van der Waals surface area contributed by atoms with Crippen molar-refractivity contribution in [3.05, 3.63) is 29.8 Å². The molecule has 0 aliphatic carbocycles. The van der Waals surface area contributed by atoms with Crippen LogP contribution in [0.4, 0.5) is 0 Å². The van der Waals surface area contributed by atoms with Gasteiger partial charge in [-0.3, -0.25) is 9.59 Å². The summed E-state index contributed by atoms with van der Waals surface area (Å²) in [5, 5.41) is 8.94. The van der Waals surface area contributed by atoms with Gasteiger partial charge in [0.1, 0.15) is 0 Å². The minimum absolute atomic E-state index is 0.0656. The van der Waals surface area contributed by atoms with E-state index >= 15 is 0 Å². The molecule has 1 N–H and O–H groups in total. The summed E-state index contributed by atoms with van der Waals surface area (Å²) >= 11 is 1.62. The van der Waals surface area contributed by atoms with Crippen molar-refractivity contribution >= 4 is 23.6 Å². The Balaban J connectivity index is 1.71. The average Bonchev–Trinajstić information content (AvgIpc) is 2.90. The summed E-state index contributed by atoms with van der Waals surface area (Å²) in [4.78, 5) is 26.8. The molecule has 5 heteroatoms. The van der Waals surface area contributed by atoms with Crippen molar-refractivity contribution < 1.29 is 14.7 Å². The maximum Gasteiger partial charge on any atom is 0.305 e. The number of carbonyl (C=O) groups is 2. The molecule has 2 heterocycles. The molecular formula is C16H19NO3S. The fourth-order valence-electron chi connectivity index (χ4n) is 3.21. The first-order valence-corrected chi connectivity index (χ1v) is 8.30. The maximum atomic E-state index is 12.8. The second kappa shape index (κ2) is 6.10. The number of carboxylic acid groups (broad SMARTS) is 1. The number of benzene rings is 1. The highest BCUT2D eigenvalue weighted by molar-refractivity contribution is 8.01. The van der Waals surface area contributed by atoms with Gasteiger partial charge in [0.05, 0.1) is 11.7 Å². The molecule has 0 saturated carbocycles. The SMILES string of the molecule is O=C(O)CC1CCCCN1C(=O)C1Cc2ccccc2S1. The van der Waals surface area contributed by atoms with Gasteiger partial charge >= 0.3 is 5.97 Å². The van der Waals surface area contributed by atoms with Gasteiger partial charge in [0, 0.05) is 17.5 Å². The van der Waals surface area contributed by atoms with Crippen LogP contribution >= 0.6 is 11.8 Å². The van der Waals surface area contributed by atoms with Crippen molar-refractivity contribution in [3.63, 3.8) is 0 Å². The zero-order valence-electron chi connectivity index (χ0n) is 11.8. The van der Waals surface area contributed by atoms with Gasteiger partial charge in [-0.2, -0.15) is 0 Å². The molecule has 2 unspecified atom stereocenters. The van der Waals surface area contributed by atoms with Crippen LogP contribution in [-0.2, 0) is 16.0 Å². The van der Waals surface area contributed by atoms with Crippen LogP contribution in [0.2, 0.25) is 0 Å². The fraction of sp³-hybridized carbons (Fsp3) is 0.500. The lowest BCUT2D eigenvalue weighted by atomic mass is 9.98. The number of fused-ring (bicyclic) bond motifs is 1. The van der Waals surface area contributed by atoms with Crippen LogP contribution in [0.15, 0.2) is 29.2 Å². The number of nitrogens with zero attached hydrogens (tertiary/aromatic N) is 1. The van der Waals surface area contributed by atoms with Gasteiger partial charge in [-0.05, 0) is 37.3 Å². The van der Waals surface area contributed by atoms with Gasteiger partial charge in [0.2, 0.25) is 5.91 Å². The summed E-state index contributed by atoms with van der Waals surface area (Å²) in [5.74, 6) is -0.704. The number of piperidine rings is 1. The summed E-state index contributed by atoms with van der Waals surface area (Å²) in [6, 6.07) is 7.99. The lowest BCUT2D eigenvalue weighted by molar-refractivity contribution is -0.141. The number of amides is 1. The van der Waals surface area contributed by atoms with Crippen molar-refractivity contribution in [2.45, 2.75) is 48.3 Å². The average molecular weight is 305 g/mol. The lowest BCUT2D eigenvalue weighted by Crippen LogP contribution is -2.48. The van der Waals surface area contributed by atoms with E-state index in [1.165, 1.54) is 10.5 Å². The van der Waals surface area contributed by atoms with E-state index in [1.807, 2.05) is 17.0 Å². The molecule has 112 valence electrons. The smallest absolute Gasteiger partial charge is 0.305 e. The molecule has 0 radical (unpaired) electrons. The number of aliphatic carboxylic acids is 1. The molecule has 21 heavy (non-hydrogen) atoms. The van der Waals surface area contributed by atoms with E-state index in [9.17, 15) is 9.59 Å². The van der Waals surface area contributed by atoms with Crippen LogP contribution in [0.3, 0.4) is 0 Å². The first-order chi connectivity index (χ1) is 10.1. The lowest BCUT2D eigenvalue weighted by Gasteiger charge is -2.36. The second-order valence-electron chi connectivity index (χ2n) is 5.70. The zero-order valence-corrected chi connectivity index (χ0v) is 12.6. The van der Waals surface area contributed by atoms with Crippen LogP contribution in [0.5, 0.6) is 0 Å². The molecule has 2 aliphatic rings. The highest BCUT2D eigenvalue weighted by Crippen LogP contribution is 2.38. The summed E-state index contributed by atoms with van der Waals surface area (Å²) in [6.07, 6.45) is 3.63. The Kier molecular flexibility index (Phi) is 4.19. The molecule has 2 atom stereocenters. The number of rotatable bonds is 3. The standard InChI is InChI=1S/C16H19NO3S/c18-15(19)10-12-6-3-4-8-17(12)16(20)14-9-11-5-1-2-7-13(11)21-14/h1-2,5,7,12,14H,3-4,6,8-10H2,(H,18,19). The van der Waals surface area contributed by atoms with Crippen molar-refractivity contribution in [3.8, 4) is 0 Å². The van der Waals surface area contributed by atoms with E-state index in [1.54, 1.807) is 11.8 Å². The van der Waals surface area contributed by atoms with Crippen LogP contribution in [0, 0.1) is 0 Å². The van der Waals surface area contributed by atoms with E-state index in [2.05, 4.69) is 12.1 Å². The third kappa shape index (κ3) is 3.07. The fourth-order valence-corrected chi connectivity index (χ4v) is 4.47. The van der Waals surface area contributed by atoms with Crippen molar-refractivity contribution in [2.24, 2.45) is 0 Å². The summed E-state index contributed by atoms with van der Waals surface area (Å²) in [6.45, 7) is 0.699. The number of likely N-dealkylation sites (tertiary alicyclic amines) is 1. The number of carboxylic acids is 1. The van der Waals surface area contributed by atoms with Gasteiger partial charge in [-0.1, -0.05) is 18.2 Å². The van der Waals surface area contributed by atoms with Crippen LogP contribution in [-0.4, -0.2) is 39.7 Å². The molecule has 1 aromatic rings. The molecule has 4 nitrogen and oxygen atoms in total. The van der Waals surface area contributed by atoms with E-state index in [0.29, 0.717) is 6.54 Å². The Hall–Kier alpha value is -1.49. The molecule has 1 saturated heterocycles. The highest BCUT2D eigenvalue weighted by Gasteiger charge is 2.36. The van der Waals surface area contributed by atoms with Gasteiger partial charge in [-0.25, -0.2) is 0 Å². The molecule has 1 fully saturated rings. The van der Waals surface area contributed by atoms with Crippen molar-refractivity contribution in [1.82, 2.24) is 4.90 Å².